The SMILES string of the molecule is CCNC1CCCCC1CN1CCCCCC1CO. The number of hydrogen-bond acceptors (Lipinski definition) is 3. The minimum absolute atomic E-state index is 0.346. The first-order chi connectivity index (χ1) is 9.35. The molecule has 2 N–H and O–H groups in total. The number of aliphatic hydroxyl groups is 1. The van der Waals surface area contributed by atoms with E-state index in [1.165, 1.54) is 64.5 Å². The van der Waals surface area contributed by atoms with Gasteiger partial charge in [-0.15, -0.1) is 0 Å². The number of likely N-dealkylation sites (tertiary alicyclic amines) is 1. The van der Waals surface area contributed by atoms with E-state index in [1.807, 2.05) is 0 Å². The Morgan fingerprint density at radius 1 is 1.05 bits per heavy atom. The zero-order chi connectivity index (χ0) is 13.5. The van der Waals surface area contributed by atoms with Crippen molar-refractivity contribution in [2.75, 3.05) is 26.2 Å². The minimum Gasteiger partial charge on any atom is -0.395 e. The predicted molar refractivity (Wildman–Crippen MR) is 80.3 cm³/mol. The first-order valence-electron chi connectivity index (χ1n) is 8.43. The van der Waals surface area contributed by atoms with Crippen LogP contribution in [0.25, 0.3) is 0 Å². The Kier molecular flexibility index (Phi) is 6.62. The van der Waals surface area contributed by atoms with Crippen LogP contribution < -0.4 is 5.32 Å². The standard InChI is InChI=1S/C16H32N2O/c1-2-17-16-10-6-5-8-14(16)12-18-11-7-3-4-9-15(18)13-19/h14-17,19H,2-13H2,1H3. The molecule has 19 heavy (non-hydrogen) atoms. The Bertz CT molecular complexity index is 245. The van der Waals surface area contributed by atoms with E-state index < -0.39 is 0 Å². The van der Waals surface area contributed by atoms with Crippen LogP contribution in [0.5, 0.6) is 0 Å². The molecule has 0 amide bonds. The zero-order valence-electron chi connectivity index (χ0n) is 12.6. The second-order valence-corrected chi connectivity index (χ2v) is 6.39. The maximum atomic E-state index is 9.63. The van der Waals surface area contributed by atoms with Gasteiger partial charge in [0.1, 0.15) is 0 Å². The van der Waals surface area contributed by atoms with E-state index in [2.05, 4.69) is 17.1 Å². The van der Waals surface area contributed by atoms with Crippen LogP contribution in [0.3, 0.4) is 0 Å². The van der Waals surface area contributed by atoms with Gasteiger partial charge >= 0.3 is 0 Å². The molecule has 3 unspecified atom stereocenters. The largest absolute Gasteiger partial charge is 0.395 e. The maximum absolute atomic E-state index is 9.63. The molecule has 3 atom stereocenters. The Balaban J connectivity index is 1.91. The lowest BCUT2D eigenvalue weighted by Crippen LogP contribution is -2.47. The van der Waals surface area contributed by atoms with Gasteiger partial charge in [-0.2, -0.15) is 0 Å². The summed E-state index contributed by atoms with van der Waals surface area (Å²) in [5.74, 6) is 0.792. The van der Waals surface area contributed by atoms with E-state index in [1.54, 1.807) is 0 Å². The third-order valence-electron chi connectivity index (χ3n) is 5.05. The second kappa shape index (κ2) is 8.23. The van der Waals surface area contributed by atoms with Crippen molar-refractivity contribution in [3.63, 3.8) is 0 Å². The maximum Gasteiger partial charge on any atom is 0.0586 e. The average molecular weight is 268 g/mol. The summed E-state index contributed by atoms with van der Waals surface area (Å²) in [5, 5.41) is 13.3. The molecule has 1 saturated heterocycles. The summed E-state index contributed by atoms with van der Waals surface area (Å²) in [5.41, 5.74) is 0. The van der Waals surface area contributed by atoms with Crippen molar-refractivity contribution in [2.24, 2.45) is 5.92 Å². The van der Waals surface area contributed by atoms with E-state index in [9.17, 15) is 5.11 Å². The molecule has 1 heterocycles. The second-order valence-electron chi connectivity index (χ2n) is 6.39. The number of hydrogen-bond donors (Lipinski definition) is 2. The van der Waals surface area contributed by atoms with E-state index in [-0.39, 0.29) is 0 Å². The Labute approximate surface area is 118 Å². The van der Waals surface area contributed by atoms with Gasteiger partial charge < -0.3 is 10.4 Å². The van der Waals surface area contributed by atoms with Crippen molar-refractivity contribution in [1.82, 2.24) is 10.2 Å². The molecule has 1 saturated carbocycles. The predicted octanol–water partition coefficient (Wildman–Crippen LogP) is 2.39. The Hall–Kier alpha value is -0.120. The molecular weight excluding hydrogens is 236 g/mol. The molecular formula is C16H32N2O. The molecule has 2 aliphatic rings. The fourth-order valence-corrected chi connectivity index (χ4v) is 3.94. The minimum atomic E-state index is 0.346. The third-order valence-corrected chi connectivity index (χ3v) is 5.05. The van der Waals surface area contributed by atoms with Gasteiger partial charge in [-0.25, -0.2) is 0 Å². The van der Waals surface area contributed by atoms with Crippen LogP contribution in [-0.2, 0) is 0 Å². The fourth-order valence-electron chi connectivity index (χ4n) is 3.94. The van der Waals surface area contributed by atoms with Crippen molar-refractivity contribution < 1.29 is 5.11 Å². The molecule has 0 aromatic rings. The van der Waals surface area contributed by atoms with Crippen LogP contribution in [0, 0.1) is 5.92 Å². The molecule has 0 bridgehead atoms. The molecule has 3 heteroatoms. The first kappa shape index (κ1) is 15.3. The highest BCUT2D eigenvalue weighted by Gasteiger charge is 2.29. The van der Waals surface area contributed by atoms with Crippen LogP contribution in [0.4, 0.5) is 0 Å². The summed E-state index contributed by atoms with van der Waals surface area (Å²) in [4.78, 5) is 2.59. The summed E-state index contributed by atoms with van der Waals surface area (Å²) >= 11 is 0. The molecule has 0 aromatic heterocycles. The van der Waals surface area contributed by atoms with Crippen molar-refractivity contribution in [2.45, 2.75) is 70.4 Å². The quantitative estimate of drug-likeness (QED) is 0.803. The molecule has 112 valence electrons. The highest BCUT2D eigenvalue weighted by molar-refractivity contribution is 4.85. The topological polar surface area (TPSA) is 35.5 Å². The van der Waals surface area contributed by atoms with Crippen molar-refractivity contribution in [3.8, 4) is 0 Å². The molecule has 0 radical (unpaired) electrons. The van der Waals surface area contributed by atoms with Gasteiger partial charge in [0, 0.05) is 18.6 Å². The molecule has 0 spiro atoms. The highest BCUT2D eigenvalue weighted by atomic mass is 16.3. The third kappa shape index (κ3) is 4.44. The van der Waals surface area contributed by atoms with Crippen molar-refractivity contribution >= 4 is 0 Å². The van der Waals surface area contributed by atoms with Crippen molar-refractivity contribution in [3.05, 3.63) is 0 Å². The Morgan fingerprint density at radius 2 is 1.84 bits per heavy atom. The van der Waals surface area contributed by atoms with Crippen LogP contribution >= 0.6 is 0 Å². The van der Waals surface area contributed by atoms with E-state index in [4.69, 9.17) is 0 Å². The number of aliphatic hydroxyl groups excluding tert-OH is 1. The van der Waals surface area contributed by atoms with Crippen LogP contribution in [0.2, 0.25) is 0 Å². The normalized spacial score (nSPS) is 34.1. The van der Waals surface area contributed by atoms with Crippen LogP contribution in [0.1, 0.15) is 58.3 Å². The van der Waals surface area contributed by atoms with Crippen LogP contribution in [-0.4, -0.2) is 48.3 Å². The highest BCUT2D eigenvalue weighted by Crippen LogP contribution is 2.27. The van der Waals surface area contributed by atoms with Gasteiger partial charge in [-0.3, -0.25) is 4.90 Å². The summed E-state index contributed by atoms with van der Waals surface area (Å²) in [6.07, 6.45) is 10.6. The summed E-state index contributed by atoms with van der Waals surface area (Å²) in [6.45, 7) is 6.04. The molecule has 1 aliphatic heterocycles. The van der Waals surface area contributed by atoms with Gasteiger partial charge in [-0.1, -0.05) is 32.6 Å². The first-order valence-corrected chi connectivity index (χ1v) is 8.43. The number of rotatable bonds is 5. The van der Waals surface area contributed by atoms with Crippen LogP contribution in [0.15, 0.2) is 0 Å². The number of nitrogens with one attached hydrogen (secondary N) is 1. The van der Waals surface area contributed by atoms with E-state index in [0.717, 1.165) is 12.5 Å². The Morgan fingerprint density at radius 3 is 2.63 bits per heavy atom. The lowest BCUT2D eigenvalue weighted by molar-refractivity contribution is 0.0900. The molecule has 2 rings (SSSR count). The fraction of sp³-hybridized carbons (Fsp3) is 1.00. The smallest absolute Gasteiger partial charge is 0.0586 e. The van der Waals surface area contributed by atoms with Gasteiger partial charge in [0.15, 0.2) is 0 Å². The molecule has 0 aromatic carbocycles. The lowest BCUT2D eigenvalue weighted by Gasteiger charge is -2.38. The van der Waals surface area contributed by atoms with Gasteiger partial charge in [0.25, 0.3) is 0 Å². The number of nitrogens with zero attached hydrogens (tertiary/aromatic N) is 1. The van der Waals surface area contributed by atoms with Gasteiger partial charge in [-0.05, 0) is 44.7 Å². The summed E-state index contributed by atoms with van der Waals surface area (Å²) in [7, 11) is 0. The zero-order valence-corrected chi connectivity index (χ0v) is 12.6. The summed E-state index contributed by atoms with van der Waals surface area (Å²) < 4.78 is 0. The van der Waals surface area contributed by atoms with E-state index >= 15 is 0 Å². The van der Waals surface area contributed by atoms with Crippen molar-refractivity contribution in [1.29, 1.82) is 0 Å². The average Bonchev–Trinajstić information content (AvgIpc) is 2.66. The molecule has 1 aliphatic carbocycles. The summed E-state index contributed by atoms with van der Waals surface area (Å²) in [6, 6.07) is 1.13. The van der Waals surface area contributed by atoms with Gasteiger partial charge in [0.2, 0.25) is 0 Å². The monoisotopic (exact) mass is 268 g/mol. The molecule has 2 fully saturated rings. The molecule has 3 nitrogen and oxygen atoms in total. The van der Waals surface area contributed by atoms with E-state index in [0.29, 0.717) is 18.7 Å². The lowest BCUT2D eigenvalue weighted by atomic mass is 9.83. The van der Waals surface area contributed by atoms with Gasteiger partial charge in [0.05, 0.1) is 6.61 Å².